The molecule has 95 heavy (non-hydrogen) atoms. The van der Waals surface area contributed by atoms with Crippen molar-refractivity contribution in [1.29, 1.82) is 0 Å². The van der Waals surface area contributed by atoms with Gasteiger partial charge in [-0.2, -0.15) is 0 Å². The lowest BCUT2D eigenvalue weighted by Gasteiger charge is -2.21. The van der Waals surface area contributed by atoms with Gasteiger partial charge >= 0.3 is 39.5 Å². The van der Waals surface area contributed by atoms with Gasteiger partial charge in [-0.1, -0.05) is 331 Å². The highest BCUT2D eigenvalue weighted by Crippen LogP contribution is 2.45. The zero-order valence-corrected chi connectivity index (χ0v) is 64.1. The summed E-state index contributed by atoms with van der Waals surface area (Å²) in [6, 6.07) is 0. The largest absolute Gasteiger partial charge is 0.472 e. The zero-order valence-electron chi connectivity index (χ0n) is 62.3. The third kappa shape index (κ3) is 66.4. The summed E-state index contributed by atoms with van der Waals surface area (Å²) >= 11 is 0. The molecule has 0 aromatic rings. The highest BCUT2D eigenvalue weighted by Gasteiger charge is 2.30. The number of carbonyl (C=O) groups excluding carboxylic acids is 4. The van der Waals surface area contributed by atoms with Crippen molar-refractivity contribution in [2.75, 3.05) is 39.6 Å². The highest BCUT2D eigenvalue weighted by molar-refractivity contribution is 7.47. The summed E-state index contributed by atoms with van der Waals surface area (Å²) in [6.45, 7) is 14.2. The molecule has 3 N–H and O–H groups in total. The van der Waals surface area contributed by atoms with E-state index in [1.165, 1.54) is 180 Å². The Kier molecular flexibility index (Phi) is 64.0. The molecule has 0 bridgehead atoms. The summed E-state index contributed by atoms with van der Waals surface area (Å²) in [7, 11) is -9.91. The van der Waals surface area contributed by atoms with Crippen LogP contribution in [-0.4, -0.2) is 96.7 Å². The first-order valence-electron chi connectivity index (χ1n) is 39.3. The second-order valence-electron chi connectivity index (χ2n) is 28.6. The fourth-order valence-corrected chi connectivity index (χ4v) is 13.0. The molecule has 8 atom stereocenters. The Morgan fingerprint density at radius 3 is 0.747 bits per heavy atom. The Morgan fingerprint density at radius 1 is 0.295 bits per heavy atom. The monoisotopic (exact) mass is 1400 g/mol. The Balaban J connectivity index is 5.13. The number of hydrogen-bond acceptors (Lipinski definition) is 15. The summed E-state index contributed by atoms with van der Waals surface area (Å²) in [6.07, 6.45) is 50.2. The lowest BCUT2D eigenvalue weighted by atomic mass is 9.99. The van der Waals surface area contributed by atoms with Gasteiger partial charge in [-0.15, -0.1) is 0 Å². The average molecular weight is 1400 g/mol. The summed E-state index contributed by atoms with van der Waals surface area (Å²) < 4.78 is 68.4. The van der Waals surface area contributed by atoms with E-state index < -0.39 is 97.5 Å². The van der Waals surface area contributed by atoms with Crippen LogP contribution in [0.1, 0.15) is 383 Å². The van der Waals surface area contributed by atoms with Crippen LogP contribution in [0.5, 0.6) is 0 Å². The van der Waals surface area contributed by atoms with Gasteiger partial charge < -0.3 is 33.8 Å². The zero-order chi connectivity index (χ0) is 70.3. The molecule has 0 amide bonds. The molecule has 0 fully saturated rings. The van der Waals surface area contributed by atoms with Crippen LogP contribution in [0.4, 0.5) is 0 Å². The number of aliphatic hydroxyl groups excluding tert-OH is 1. The molecule has 0 saturated carbocycles. The first-order chi connectivity index (χ1) is 45.7. The van der Waals surface area contributed by atoms with E-state index in [-0.39, 0.29) is 25.7 Å². The Labute approximate surface area is 581 Å². The lowest BCUT2D eigenvalue weighted by Crippen LogP contribution is -2.30. The number of ether oxygens (including phenoxy) is 4. The maximum Gasteiger partial charge on any atom is 0.472 e. The third-order valence-corrected chi connectivity index (χ3v) is 20.6. The van der Waals surface area contributed by atoms with E-state index in [4.69, 9.17) is 37.0 Å². The minimum absolute atomic E-state index is 0.103. The minimum atomic E-state index is -4.96. The van der Waals surface area contributed by atoms with Gasteiger partial charge in [-0.05, 0) is 49.4 Å². The first-order valence-corrected chi connectivity index (χ1v) is 42.3. The molecule has 0 aliphatic carbocycles. The van der Waals surface area contributed by atoms with Crippen LogP contribution in [-0.2, 0) is 65.4 Å². The molecule has 0 heterocycles. The molecule has 17 nitrogen and oxygen atoms in total. The van der Waals surface area contributed by atoms with E-state index in [1.54, 1.807) is 0 Å². The molecule has 5 unspecified atom stereocenters. The fourth-order valence-electron chi connectivity index (χ4n) is 11.5. The van der Waals surface area contributed by atoms with Crippen molar-refractivity contribution < 1.29 is 80.2 Å². The second kappa shape index (κ2) is 65.4. The maximum atomic E-state index is 13.1. The van der Waals surface area contributed by atoms with Crippen LogP contribution in [0.3, 0.4) is 0 Å². The van der Waals surface area contributed by atoms with Crippen LogP contribution in [0.25, 0.3) is 0 Å². The molecule has 564 valence electrons. The SMILES string of the molecule is CCC(C)CCCCCCCCCCCCCCCCCCCCC(=O)OC[C@H](COP(=O)(O)OC[C@@H](O)COP(=O)(O)OC[C@@H](COC(=O)CCCCCCCCC(C)C)OC(=O)CCCCCCCCCCCCC(C)CC)OC(=O)CCCCCCCCC(C)CC. The van der Waals surface area contributed by atoms with Crippen molar-refractivity contribution in [1.82, 2.24) is 0 Å². The van der Waals surface area contributed by atoms with Crippen molar-refractivity contribution in [3.8, 4) is 0 Å². The molecular formula is C76H148O17P2. The number of rotatable bonds is 73. The van der Waals surface area contributed by atoms with Crippen LogP contribution >= 0.6 is 15.6 Å². The molecule has 0 aromatic heterocycles. The average Bonchev–Trinajstić information content (AvgIpc) is 3.53. The molecular weight excluding hydrogens is 1250 g/mol. The molecule has 0 radical (unpaired) electrons. The molecule has 0 aromatic carbocycles. The normalized spacial score (nSPS) is 15.0. The van der Waals surface area contributed by atoms with E-state index >= 15 is 0 Å². The maximum absolute atomic E-state index is 13.1. The predicted molar refractivity (Wildman–Crippen MR) is 386 cm³/mol. The van der Waals surface area contributed by atoms with Gasteiger partial charge in [0.2, 0.25) is 0 Å². The first kappa shape index (κ1) is 93.1. The fraction of sp³-hybridized carbons (Fsp3) is 0.947. The Bertz CT molecular complexity index is 1870. The topological polar surface area (TPSA) is 237 Å². The predicted octanol–water partition coefficient (Wildman–Crippen LogP) is 22.0. The lowest BCUT2D eigenvalue weighted by molar-refractivity contribution is -0.161. The third-order valence-electron chi connectivity index (χ3n) is 18.7. The van der Waals surface area contributed by atoms with Crippen molar-refractivity contribution in [3.05, 3.63) is 0 Å². The van der Waals surface area contributed by atoms with E-state index in [0.29, 0.717) is 31.6 Å². The Morgan fingerprint density at radius 2 is 0.505 bits per heavy atom. The summed E-state index contributed by atoms with van der Waals surface area (Å²) in [5, 5.41) is 10.6. The summed E-state index contributed by atoms with van der Waals surface area (Å²) in [5.74, 6) is 0.949. The molecule has 0 aliphatic rings. The Hall–Kier alpha value is -1.94. The van der Waals surface area contributed by atoms with E-state index in [2.05, 4.69) is 55.4 Å². The van der Waals surface area contributed by atoms with Gasteiger partial charge in [0, 0.05) is 25.7 Å². The highest BCUT2D eigenvalue weighted by atomic mass is 31.2. The number of hydrogen-bond donors (Lipinski definition) is 3. The van der Waals surface area contributed by atoms with Crippen molar-refractivity contribution in [2.45, 2.75) is 401 Å². The van der Waals surface area contributed by atoms with Gasteiger partial charge in [0.25, 0.3) is 0 Å². The number of phosphoric acid groups is 2. The van der Waals surface area contributed by atoms with Crippen LogP contribution in [0.15, 0.2) is 0 Å². The van der Waals surface area contributed by atoms with Crippen molar-refractivity contribution in [3.63, 3.8) is 0 Å². The van der Waals surface area contributed by atoms with Crippen molar-refractivity contribution in [2.24, 2.45) is 23.7 Å². The molecule has 0 aliphatic heterocycles. The van der Waals surface area contributed by atoms with E-state index in [1.807, 2.05) is 0 Å². The molecule has 19 heteroatoms. The van der Waals surface area contributed by atoms with Crippen molar-refractivity contribution >= 4 is 39.5 Å². The standard InChI is InChI=1S/C76H148O17P2/c1-9-67(6)53-45-37-28-24-20-18-16-14-12-13-15-17-19-21-26-30-40-48-56-73(78)86-62-72(93-76(81)59-51-43-35-33-39-47-55-69(8)11-3)65-91-95(84,85)89-61-70(77)60-88-94(82,83)90-64-71(63-87-74(79)57-49-41-34-32-36-44-52-66(4)5)92-75(80)58-50-42-31-27-23-22-25-29-38-46-54-68(7)10-2/h66-72,77H,9-65H2,1-8H3,(H,82,83)(H,84,85)/t67?,68?,69?,70-,71+,72+/m0/s1. The quantitative estimate of drug-likeness (QED) is 0.0222. The number of aliphatic hydroxyl groups is 1. The van der Waals surface area contributed by atoms with Gasteiger partial charge in [-0.3, -0.25) is 37.3 Å². The van der Waals surface area contributed by atoms with Crippen LogP contribution in [0, 0.1) is 23.7 Å². The summed E-state index contributed by atoms with van der Waals surface area (Å²) in [5.41, 5.74) is 0. The van der Waals surface area contributed by atoms with Gasteiger partial charge in [0.05, 0.1) is 26.4 Å². The smallest absolute Gasteiger partial charge is 0.462 e. The number of carbonyl (C=O) groups is 4. The number of esters is 4. The van der Waals surface area contributed by atoms with E-state index in [9.17, 15) is 43.2 Å². The van der Waals surface area contributed by atoms with Gasteiger partial charge in [-0.25, -0.2) is 9.13 Å². The van der Waals surface area contributed by atoms with Gasteiger partial charge in [0.1, 0.15) is 19.3 Å². The van der Waals surface area contributed by atoms with Gasteiger partial charge in [0.15, 0.2) is 12.2 Å². The number of phosphoric ester groups is 2. The van der Waals surface area contributed by atoms with Crippen LogP contribution < -0.4 is 0 Å². The second-order valence-corrected chi connectivity index (χ2v) is 31.5. The molecule has 0 spiro atoms. The number of unbranched alkanes of at least 4 members (excludes halogenated alkanes) is 36. The molecule has 0 rings (SSSR count). The summed E-state index contributed by atoms with van der Waals surface area (Å²) in [4.78, 5) is 72.7. The molecule has 0 saturated heterocycles. The van der Waals surface area contributed by atoms with Crippen LogP contribution in [0.2, 0.25) is 0 Å². The van der Waals surface area contributed by atoms with E-state index in [0.717, 1.165) is 114 Å². The minimum Gasteiger partial charge on any atom is -0.462 e.